The zero-order valence-electron chi connectivity index (χ0n) is 6.79. The number of allylic oxidation sites excluding steroid dienone is 1. The minimum atomic E-state index is 1.18. The number of benzene rings is 1. The van der Waals surface area contributed by atoms with E-state index in [1.54, 1.807) is 0 Å². The standard InChI is InChI=1S/C10H11NS/c1-2-5-9(6-3-1)11-10-7-4-8-12-10/h1-3,5-7,11H,4,8H2. The van der Waals surface area contributed by atoms with Crippen molar-refractivity contribution in [2.45, 2.75) is 6.42 Å². The fourth-order valence-electron chi connectivity index (χ4n) is 1.17. The third kappa shape index (κ3) is 1.83. The summed E-state index contributed by atoms with van der Waals surface area (Å²) in [4.78, 5) is 0. The fraction of sp³-hybridized carbons (Fsp3) is 0.200. The van der Waals surface area contributed by atoms with E-state index in [9.17, 15) is 0 Å². The van der Waals surface area contributed by atoms with E-state index in [4.69, 9.17) is 0 Å². The number of anilines is 1. The van der Waals surface area contributed by atoms with Crippen molar-refractivity contribution in [1.29, 1.82) is 0 Å². The molecule has 1 N–H and O–H groups in total. The van der Waals surface area contributed by atoms with Crippen LogP contribution in [0.15, 0.2) is 41.4 Å². The van der Waals surface area contributed by atoms with Crippen LogP contribution in [-0.4, -0.2) is 5.75 Å². The number of hydrogen-bond acceptors (Lipinski definition) is 2. The predicted octanol–water partition coefficient (Wildman–Crippen LogP) is 3.08. The van der Waals surface area contributed by atoms with Gasteiger partial charge in [-0.2, -0.15) is 0 Å². The van der Waals surface area contributed by atoms with Gasteiger partial charge in [0.15, 0.2) is 0 Å². The molecule has 0 radical (unpaired) electrons. The molecular formula is C10H11NS. The highest BCUT2D eigenvalue weighted by molar-refractivity contribution is 8.03. The minimum absolute atomic E-state index is 1.18. The topological polar surface area (TPSA) is 12.0 Å². The van der Waals surface area contributed by atoms with Gasteiger partial charge >= 0.3 is 0 Å². The Hall–Kier alpha value is -0.890. The van der Waals surface area contributed by atoms with E-state index in [-0.39, 0.29) is 0 Å². The van der Waals surface area contributed by atoms with Crippen molar-refractivity contribution in [3.63, 3.8) is 0 Å². The van der Waals surface area contributed by atoms with Gasteiger partial charge in [-0.05, 0) is 18.6 Å². The molecule has 0 unspecified atom stereocenters. The van der Waals surface area contributed by atoms with Crippen LogP contribution in [-0.2, 0) is 0 Å². The summed E-state index contributed by atoms with van der Waals surface area (Å²) < 4.78 is 0. The van der Waals surface area contributed by atoms with Crippen LogP contribution in [0.5, 0.6) is 0 Å². The molecule has 0 aromatic heterocycles. The van der Waals surface area contributed by atoms with Gasteiger partial charge in [-0.15, -0.1) is 11.8 Å². The molecule has 1 nitrogen and oxygen atoms in total. The third-order valence-corrected chi connectivity index (χ3v) is 2.77. The molecule has 2 rings (SSSR count). The average Bonchev–Trinajstić information content (AvgIpc) is 2.59. The second-order valence-corrected chi connectivity index (χ2v) is 3.83. The highest BCUT2D eigenvalue weighted by atomic mass is 32.2. The van der Waals surface area contributed by atoms with Crippen LogP contribution >= 0.6 is 11.8 Å². The number of para-hydroxylation sites is 1. The van der Waals surface area contributed by atoms with Crippen LogP contribution < -0.4 is 5.32 Å². The summed E-state index contributed by atoms with van der Waals surface area (Å²) >= 11 is 1.89. The molecule has 0 spiro atoms. The first-order valence-corrected chi connectivity index (χ1v) is 5.09. The Balaban J connectivity index is 2.04. The molecule has 0 fully saturated rings. The quantitative estimate of drug-likeness (QED) is 0.745. The highest BCUT2D eigenvalue weighted by Crippen LogP contribution is 2.25. The van der Waals surface area contributed by atoms with E-state index in [1.165, 1.54) is 22.9 Å². The summed E-state index contributed by atoms with van der Waals surface area (Å²) in [7, 11) is 0. The van der Waals surface area contributed by atoms with Gasteiger partial charge < -0.3 is 5.32 Å². The molecule has 1 aromatic rings. The Morgan fingerprint density at radius 2 is 2.00 bits per heavy atom. The molecule has 62 valence electrons. The summed E-state index contributed by atoms with van der Waals surface area (Å²) in [6, 6.07) is 10.3. The van der Waals surface area contributed by atoms with Crippen LogP contribution in [0.1, 0.15) is 6.42 Å². The predicted molar refractivity (Wildman–Crippen MR) is 55.2 cm³/mol. The third-order valence-electron chi connectivity index (χ3n) is 1.75. The van der Waals surface area contributed by atoms with Crippen molar-refractivity contribution < 1.29 is 0 Å². The second kappa shape index (κ2) is 3.68. The average molecular weight is 177 g/mol. The van der Waals surface area contributed by atoms with Crippen molar-refractivity contribution >= 4 is 17.4 Å². The van der Waals surface area contributed by atoms with Crippen LogP contribution in [0.3, 0.4) is 0 Å². The summed E-state index contributed by atoms with van der Waals surface area (Å²) in [6.07, 6.45) is 3.44. The SMILES string of the molecule is C1=C(Nc2ccccc2)SCC1. The minimum Gasteiger partial charge on any atom is -0.351 e. The number of thioether (sulfide) groups is 1. The first-order chi connectivity index (χ1) is 5.95. The highest BCUT2D eigenvalue weighted by Gasteiger charge is 2.03. The number of hydrogen-bond donors (Lipinski definition) is 1. The Kier molecular flexibility index (Phi) is 2.37. The fourth-order valence-corrected chi connectivity index (χ4v) is 2.05. The Labute approximate surface area is 76.9 Å². The van der Waals surface area contributed by atoms with E-state index < -0.39 is 0 Å². The van der Waals surface area contributed by atoms with Gasteiger partial charge in [0, 0.05) is 11.4 Å². The largest absolute Gasteiger partial charge is 0.351 e. The molecule has 1 aliphatic heterocycles. The molecule has 1 heterocycles. The van der Waals surface area contributed by atoms with Gasteiger partial charge in [-0.3, -0.25) is 0 Å². The zero-order chi connectivity index (χ0) is 8.23. The molecule has 0 saturated carbocycles. The molecule has 1 aromatic carbocycles. The lowest BCUT2D eigenvalue weighted by Gasteiger charge is -2.04. The first kappa shape index (κ1) is 7.74. The number of nitrogens with one attached hydrogen (secondary N) is 1. The van der Waals surface area contributed by atoms with Crippen LogP contribution in [0.2, 0.25) is 0 Å². The summed E-state index contributed by atoms with van der Waals surface area (Å²) in [5.74, 6) is 1.22. The van der Waals surface area contributed by atoms with E-state index in [0.29, 0.717) is 0 Å². The lowest BCUT2D eigenvalue weighted by atomic mass is 10.3. The van der Waals surface area contributed by atoms with Crippen LogP contribution in [0.25, 0.3) is 0 Å². The Bertz CT molecular complexity index is 279. The lowest BCUT2D eigenvalue weighted by molar-refractivity contribution is 1.27. The summed E-state index contributed by atoms with van der Waals surface area (Å²) in [5, 5.41) is 4.66. The molecule has 2 heteroatoms. The zero-order valence-corrected chi connectivity index (χ0v) is 7.60. The molecule has 0 bridgehead atoms. The van der Waals surface area contributed by atoms with Crippen LogP contribution in [0, 0.1) is 0 Å². The van der Waals surface area contributed by atoms with E-state index in [1.807, 2.05) is 30.0 Å². The number of rotatable bonds is 2. The van der Waals surface area contributed by atoms with Gasteiger partial charge in [0.2, 0.25) is 0 Å². The maximum atomic E-state index is 3.36. The van der Waals surface area contributed by atoms with Gasteiger partial charge in [0.25, 0.3) is 0 Å². The first-order valence-electron chi connectivity index (χ1n) is 4.10. The second-order valence-electron chi connectivity index (χ2n) is 2.70. The van der Waals surface area contributed by atoms with Crippen molar-refractivity contribution in [3.8, 4) is 0 Å². The summed E-state index contributed by atoms with van der Waals surface area (Å²) in [5.41, 5.74) is 1.18. The molecule has 0 amide bonds. The van der Waals surface area contributed by atoms with Gasteiger partial charge in [0.05, 0.1) is 5.03 Å². The maximum absolute atomic E-state index is 3.36. The molecule has 0 saturated heterocycles. The monoisotopic (exact) mass is 177 g/mol. The van der Waals surface area contributed by atoms with Crippen molar-refractivity contribution in [1.82, 2.24) is 0 Å². The van der Waals surface area contributed by atoms with Crippen molar-refractivity contribution in [3.05, 3.63) is 41.4 Å². The van der Waals surface area contributed by atoms with Crippen LogP contribution in [0.4, 0.5) is 5.69 Å². The molecule has 0 aliphatic carbocycles. The Morgan fingerprint density at radius 3 is 2.67 bits per heavy atom. The smallest absolute Gasteiger partial charge is 0.0685 e. The van der Waals surface area contributed by atoms with Gasteiger partial charge in [0.1, 0.15) is 0 Å². The molecule has 1 aliphatic rings. The van der Waals surface area contributed by atoms with E-state index >= 15 is 0 Å². The Morgan fingerprint density at radius 1 is 1.17 bits per heavy atom. The molecule has 12 heavy (non-hydrogen) atoms. The normalized spacial score (nSPS) is 15.8. The molecular weight excluding hydrogens is 166 g/mol. The van der Waals surface area contributed by atoms with Gasteiger partial charge in [-0.25, -0.2) is 0 Å². The summed E-state index contributed by atoms with van der Waals surface area (Å²) in [6.45, 7) is 0. The van der Waals surface area contributed by atoms with Gasteiger partial charge in [-0.1, -0.05) is 24.3 Å². The lowest BCUT2D eigenvalue weighted by Crippen LogP contribution is -1.92. The van der Waals surface area contributed by atoms with E-state index in [2.05, 4.69) is 23.5 Å². The maximum Gasteiger partial charge on any atom is 0.0685 e. The van der Waals surface area contributed by atoms with E-state index in [0.717, 1.165) is 0 Å². The van der Waals surface area contributed by atoms with Crippen molar-refractivity contribution in [2.75, 3.05) is 11.1 Å². The molecule has 0 atom stereocenters. The van der Waals surface area contributed by atoms with Crippen molar-refractivity contribution in [2.24, 2.45) is 0 Å².